The molecule has 4 aromatic rings. The lowest BCUT2D eigenvalue weighted by Gasteiger charge is -2.37. The smallest absolute Gasteiger partial charge is 0.389 e. The molecule has 0 aliphatic rings. The van der Waals surface area contributed by atoms with Crippen LogP contribution in [0.15, 0.2) is 97.1 Å². The fourth-order valence-electron chi connectivity index (χ4n) is 3.80. The Bertz CT molecular complexity index is 1120. The Morgan fingerprint density at radius 3 is 1.26 bits per heavy atom. The van der Waals surface area contributed by atoms with Gasteiger partial charge in [0.15, 0.2) is 0 Å². The van der Waals surface area contributed by atoms with Crippen molar-refractivity contribution in [2.24, 2.45) is 0 Å². The van der Waals surface area contributed by atoms with Crippen LogP contribution in [0.5, 0.6) is 0 Å². The third kappa shape index (κ3) is 5.62. The van der Waals surface area contributed by atoms with E-state index in [1.165, 1.54) is 92.0 Å². The molecule has 0 saturated heterocycles. The summed E-state index contributed by atoms with van der Waals surface area (Å²) in [6.45, 7) is 0.0329. The van der Waals surface area contributed by atoms with Crippen LogP contribution in [0, 0.1) is 23.3 Å². The predicted octanol–water partition coefficient (Wildman–Crippen LogP) is 6.40. The van der Waals surface area contributed by atoms with Crippen LogP contribution in [0.3, 0.4) is 0 Å². The zero-order valence-electron chi connectivity index (χ0n) is 18.8. The van der Waals surface area contributed by atoms with Gasteiger partial charge in [-0.2, -0.15) is 0 Å². The summed E-state index contributed by atoms with van der Waals surface area (Å²) < 4.78 is 72.4. The van der Waals surface area contributed by atoms with E-state index >= 15 is 0 Å². The molecular formula is C27H21BF4O3. The number of benzene rings is 4. The van der Waals surface area contributed by atoms with Crippen LogP contribution in [0.4, 0.5) is 17.6 Å². The fourth-order valence-corrected chi connectivity index (χ4v) is 3.80. The van der Waals surface area contributed by atoms with Crippen molar-refractivity contribution in [3.8, 4) is 0 Å². The molecular weight excluding hydrogens is 459 g/mol. The van der Waals surface area contributed by atoms with E-state index in [9.17, 15) is 17.6 Å². The topological polar surface area (TPSA) is 27.7 Å². The van der Waals surface area contributed by atoms with Crippen LogP contribution in [-0.4, -0.2) is 14.4 Å². The second-order valence-corrected chi connectivity index (χ2v) is 7.78. The molecule has 178 valence electrons. The number of halogens is 4. The van der Waals surface area contributed by atoms with Crippen molar-refractivity contribution < 1.29 is 31.5 Å². The normalized spacial score (nSPS) is 11.5. The van der Waals surface area contributed by atoms with Gasteiger partial charge < -0.3 is 14.0 Å². The highest BCUT2D eigenvalue weighted by Crippen LogP contribution is 2.41. The van der Waals surface area contributed by atoms with Crippen molar-refractivity contribution in [1.82, 2.24) is 0 Å². The Hall–Kier alpha value is -3.46. The summed E-state index contributed by atoms with van der Waals surface area (Å²) in [7, 11) is 0.111. The monoisotopic (exact) mass is 480 g/mol. The van der Waals surface area contributed by atoms with E-state index in [4.69, 9.17) is 14.0 Å². The maximum atomic E-state index is 13.8. The molecule has 0 aliphatic heterocycles. The first-order valence-electron chi connectivity index (χ1n) is 10.8. The third-order valence-electron chi connectivity index (χ3n) is 5.52. The molecule has 0 aromatic heterocycles. The second-order valence-electron chi connectivity index (χ2n) is 7.78. The standard InChI is InChI=1S/C27H21BF4O3/c1-33-28(34-18-19-2-10-23(29)11-3-19)35-27(20-4-12-24(30)13-5-20,21-6-14-25(31)15-7-21)22-8-16-26(32)17-9-22/h2-17H,18H2,1H3. The first kappa shape index (κ1) is 24.7. The number of hydrogen-bond donors (Lipinski definition) is 0. The molecule has 0 fully saturated rings. The molecule has 4 aromatic carbocycles. The van der Waals surface area contributed by atoms with Crippen molar-refractivity contribution in [2.75, 3.05) is 7.11 Å². The van der Waals surface area contributed by atoms with E-state index in [-0.39, 0.29) is 12.4 Å². The minimum absolute atomic E-state index is 0.0329. The molecule has 0 saturated carbocycles. The van der Waals surface area contributed by atoms with Gasteiger partial charge in [0.05, 0.1) is 6.61 Å². The molecule has 0 atom stereocenters. The van der Waals surface area contributed by atoms with Crippen LogP contribution in [-0.2, 0) is 26.2 Å². The molecule has 0 unspecified atom stereocenters. The minimum atomic E-state index is -1.49. The average Bonchev–Trinajstić information content (AvgIpc) is 2.87. The average molecular weight is 480 g/mol. The zero-order chi connectivity index (χ0) is 24.8. The van der Waals surface area contributed by atoms with Crippen molar-refractivity contribution in [3.05, 3.63) is 143 Å². The largest absolute Gasteiger partial charge is 0.640 e. The van der Waals surface area contributed by atoms with Gasteiger partial charge in [-0.1, -0.05) is 48.5 Å². The molecule has 0 spiro atoms. The molecule has 0 heterocycles. The summed E-state index contributed by atoms with van der Waals surface area (Å²) in [4.78, 5) is 0. The highest BCUT2D eigenvalue weighted by molar-refractivity contribution is 6.36. The van der Waals surface area contributed by atoms with Crippen LogP contribution in [0.25, 0.3) is 0 Å². The zero-order valence-corrected chi connectivity index (χ0v) is 18.8. The van der Waals surface area contributed by atoms with Gasteiger partial charge in [0.1, 0.15) is 28.9 Å². The Balaban J connectivity index is 1.80. The second kappa shape index (κ2) is 10.9. The lowest BCUT2D eigenvalue weighted by atomic mass is 9.79. The SMILES string of the molecule is COB(OCc1ccc(F)cc1)OC(c1ccc(F)cc1)(c1ccc(F)cc1)c1ccc(F)cc1. The first-order valence-corrected chi connectivity index (χ1v) is 10.8. The van der Waals surface area contributed by atoms with Gasteiger partial charge in [0.2, 0.25) is 0 Å². The van der Waals surface area contributed by atoms with Crippen LogP contribution >= 0.6 is 0 Å². The highest BCUT2D eigenvalue weighted by Gasteiger charge is 2.43. The van der Waals surface area contributed by atoms with Crippen molar-refractivity contribution >= 4 is 7.32 Å². The van der Waals surface area contributed by atoms with Gasteiger partial charge in [-0.3, -0.25) is 0 Å². The van der Waals surface area contributed by atoms with E-state index in [1.807, 2.05) is 0 Å². The molecule has 35 heavy (non-hydrogen) atoms. The quantitative estimate of drug-likeness (QED) is 0.158. The van der Waals surface area contributed by atoms with Crippen molar-refractivity contribution in [3.63, 3.8) is 0 Å². The minimum Gasteiger partial charge on any atom is -0.389 e. The van der Waals surface area contributed by atoms with E-state index in [0.717, 1.165) is 0 Å². The van der Waals surface area contributed by atoms with Gasteiger partial charge in [-0.25, -0.2) is 17.6 Å². The van der Waals surface area contributed by atoms with Gasteiger partial charge in [0, 0.05) is 7.11 Å². The molecule has 8 heteroatoms. The summed E-state index contributed by atoms with van der Waals surface area (Å²) in [5.41, 5.74) is 0.616. The lowest BCUT2D eigenvalue weighted by Crippen LogP contribution is -2.41. The van der Waals surface area contributed by atoms with Gasteiger partial charge in [-0.05, 0) is 70.8 Å². The van der Waals surface area contributed by atoms with Crippen molar-refractivity contribution in [2.45, 2.75) is 12.2 Å². The Kier molecular flexibility index (Phi) is 7.65. The highest BCUT2D eigenvalue weighted by atomic mass is 19.1. The molecule has 0 N–H and O–H groups in total. The molecule has 0 radical (unpaired) electrons. The molecule has 0 amide bonds. The maximum Gasteiger partial charge on any atom is 0.640 e. The number of rotatable bonds is 9. The Morgan fingerprint density at radius 2 is 0.914 bits per heavy atom. The van der Waals surface area contributed by atoms with Gasteiger partial charge in [0.25, 0.3) is 0 Å². The summed E-state index contributed by atoms with van der Waals surface area (Å²) in [5.74, 6) is -1.76. The van der Waals surface area contributed by atoms with Gasteiger partial charge in [-0.15, -0.1) is 0 Å². The molecule has 4 rings (SSSR count). The van der Waals surface area contributed by atoms with Crippen LogP contribution in [0.1, 0.15) is 22.3 Å². The summed E-state index contributed by atoms with van der Waals surface area (Å²) in [6, 6.07) is 22.5. The van der Waals surface area contributed by atoms with E-state index in [1.54, 1.807) is 12.1 Å². The molecule has 0 bridgehead atoms. The van der Waals surface area contributed by atoms with E-state index in [0.29, 0.717) is 22.3 Å². The molecule has 3 nitrogen and oxygen atoms in total. The lowest BCUT2D eigenvalue weighted by molar-refractivity contribution is 0.0402. The molecule has 0 aliphatic carbocycles. The third-order valence-corrected chi connectivity index (χ3v) is 5.52. The van der Waals surface area contributed by atoms with E-state index in [2.05, 4.69) is 0 Å². The van der Waals surface area contributed by atoms with Crippen molar-refractivity contribution in [1.29, 1.82) is 0 Å². The summed E-state index contributed by atoms with van der Waals surface area (Å²) in [6.07, 6.45) is 0. The van der Waals surface area contributed by atoms with Crippen LogP contribution in [0.2, 0.25) is 0 Å². The van der Waals surface area contributed by atoms with E-state index < -0.39 is 30.4 Å². The first-order chi connectivity index (χ1) is 16.9. The fraction of sp³-hybridized carbons (Fsp3) is 0.111. The Labute approximate surface area is 201 Å². The van der Waals surface area contributed by atoms with Crippen LogP contribution < -0.4 is 0 Å². The number of hydrogen-bond acceptors (Lipinski definition) is 3. The summed E-state index contributed by atoms with van der Waals surface area (Å²) in [5, 5.41) is 0. The van der Waals surface area contributed by atoms with Gasteiger partial charge >= 0.3 is 7.32 Å². The predicted molar refractivity (Wildman–Crippen MR) is 124 cm³/mol. The Morgan fingerprint density at radius 1 is 0.571 bits per heavy atom. The summed E-state index contributed by atoms with van der Waals surface area (Å²) >= 11 is 0. The maximum absolute atomic E-state index is 13.8.